The highest BCUT2D eigenvalue weighted by Gasteiger charge is 2.26. The number of morpholine rings is 1. The summed E-state index contributed by atoms with van der Waals surface area (Å²) in [6.07, 6.45) is 0.374. The second-order valence-electron chi connectivity index (χ2n) is 6.40. The van der Waals surface area contributed by atoms with Gasteiger partial charge < -0.3 is 14.1 Å². The summed E-state index contributed by atoms with van der Waals surface area (Å²) in [5.74, 6) is 0.0703. The van der Waals surface area contributed by atoms with Crippen LogP contribution in [0.15, 0.2) is 27.5 Å². The predicted octanol–water partition coefficient (Wildman–Crippen LogP) is 1.41. The highest BCUT2D eigenvalue weighted by Crippen LogP contribution is 2.22. The van der Waals surface area contributed by atoms with Gasteiger partial charge in [0.05, 0.1) is 16.2 Å². The van der Waals surface area contributed by atoms with Crippen molar-refractivity contribution in [2.24, 2.45) is 0 Å². The van der Waals surface area contributed by atoms with E-state index in [0.29, 0.717) is 22.0 Å². The molecule has 2 heterocycles. The number of nitrogens with one attached hydrogen (secondary N) is 1. The molecule has 0 bridgehead atoms. The number of sulfone groups is 1. The first-order chi connectivity index (χ1) is 11.3. The lowest BCUT2D eigenvalue weighted by molar-refractivity contribution is -0.936. The molecule has 0 saturated carbocycles. The lowest BCUT2D eigenvalue weighted by Crippen LogP contribution is -3.14. The van der Waals surface area contributed by atoms with Gasteiger partial charge in [0.1, 0.15) is 25.3 Å². The number of oxazole rings is 1. The average molecular weight is 372 g/mol. The van der Waals surface area contributed by atoms with Crippen LogP contribution in [0, 0.1) is 4.84 Å². The molecule has 8 heteroatoms. The number of hydrogen-bond donors (Lipinski definition) is 1. The summed E-state index contributed by atoms with van der Waals surface area (Å²) in [6, 6.07) is 4.93. The Morgan fingerprint density at radius 3 is 2.58 bits per heavy atom. The van der Waals surface area contributed by atoms with Crippen LogP contribution in [0.1, 0.15) is 20.8 Å². The highest BCUT2D eigenvalue weighted by molar-refractivity contribution is 7.91. The van der Waals surface area contributed by atoms with Gasteiger partial charge in [-0.05, 0) is 44.3 Å². The summed E-state index contributed by atoms with van der Waals surface area (Å²) in [5.41, 5.74) is 1.35. The molecule has 1 aliphatic heterocycles. The van der Waals surface area contributed by atoms with Gasteiger partial charge in [0.2, 0.25) is 0 Å². The van der Waals surface area contributed by atoms with Gasteiger partial charge in [0.25, 0.3) is 4.84 Å². The summed E-state index contributed by atoms with van der Waals surface area (Å²) >= 11 is 5.35. The highest BCUT2D eigenvalue weighted by atomic mass is 32.2. The Labute approximate surface area is 146 Å². The normalized spacial score (nSPS) is 25.2. The smallest absolute Gasteiger partial charge is 0.274 e. The molecule has 3 rings (SSSR count). The Balaban J connectivity index is 1.99. The van der Waals surface area contributed by atoms with Crippen LogP contribution >= 0.6 is 12.2 Å². The second kappa shape index (κ2) is 6.59. The van der Waals surface area contributed by atoms with Crippen molar-refractivity contribution in [1.82, 2.24) is 4.57 Å². The maximum Gasteiger partial charge on any atom is 0.274 e. The standard InChI is InChI=1S/C16H22N2O4S2/c1-4-24(19,20)13-5-6-15-14(7-13)18(16(23)22-15)10-17-8-11(2)21-12(3)9-17/h5-7,11-12H,4,8-10H2,1-3H3/p+1/t11-,12-/m1/s1. The third-order valence-electron chi connectivity index (χ3n) is 4.38. The third-order valence-corrected chi connectivity index (χ3v) is 6.41. The predicted molar refractivity (Wildman–Crippen MR) is 93.5 cm³/mol. The molecule has 6 nitrogen and oxygen atoms in total. The first-order valence-electron chi connectivity index (χ1n) is 8.15. The molecule has 0 unspecified atom stereocenters. The van der Waals surface area contributed by atoms with Gasteiger partial charge >= 0.3 is 0 Å². The molecular weight excluding hydrogens is 348 g/mol. The number of quaternary nitrogens is 1. The van der Waals surface area contributed by atoms with E-state index in [9.17, 15) is 8.42 Å². The maximum absolute atomic E-state index is 12.2. The lowest BCUT2D eigenvalue weighted by Gasteiger charge is -2.32. The summed E-state index contributed by atoms with van der Waals surface area (Å²) < 4.78 is 37.6. The average Bonchev–Trinajstić information content (AvgIpc) is 2.81. The van der Waals surface area contributed by atoms with Crippen molar-refractivity contribution >= 4 is 33.2 Å². The zero-order valence-corrected chi connectivity index (χ0v) is 15.7. The van der Waals surface area contributed by atoms with Crippen LogP contribution in [0.25, 0.3) is 11.1 Å². The fourth-order valence-electron chi connectivity index (χ4n) is 3.29. The molecule has 1 saturated heterocycles. The van der Waals surface area contributed by atoms with Gasteiger partial charge in [-0.2, -0.15) is 0 Å². The van der Waals surface area contributed by atoms with Gasteiger partial charge in [-0.25, -0.2) is 8.42 Å². The fourth-order valence-corrected chi connectivity index (χ4v) is 4.45. The van der Waals surface area contributed by atoms with Crippen molar-refractivity contribution in [3.63, 3.8) is 0 Å². The lowest BCUT2D eigenvalue weighted by atomic mass is 10.2. The second-order valence-corrected chi connectivity index (χ2v) is 9.03. The number of hydrogen-bond acceptors (Lipinski definition) is 5. The van der Waals surface area contributed by atoms with E-state index in [-0.39, 0.29) is 18.0 Å². The van der Waals surface area contributed by atoms with Gasteiger partial charge in [-0.1, -0.05) is 6.92 Å². The minimum Gasteiger partial charge on any atom is -0.429 e. The topological polar surface area (TPSA) is 65.9 Å². The molecule has 1 N–H and O–H groups in total. The Hall–Kier alpha value is -1.22. The molecule has 24 heavy (non-hydrogen) atoms. The first-order valence-corrected chi connectivity index (χ1v) is 10.2. The molecule has 0 aliphatic carbocycles. The number of nitrogens with zero attached hydrogens (tertiary/aromatic N) is 1. The largest absolute Gasteiger partial charge is 0.429 e. The van der Waals surface area contributed by atoms with Crippen LogP contribution in [0.4, 0.5) is 0 Å². The van der Waals surface area contributed by atoms with E-state index in [1.807, 2.05) is 4.57 Å². The molecule has 2 atom stereocenters. The minimum atomic E-state index is -3.26. The van der Waals surface area contributed by atoms with Crippen molar-refractivity contribution in [3.05, 3.63) is 23.0 Å². The van der Waals surface area contributed by atoms with Gasteiger partial charge in [0, 0.05) is 0 Å². The molecule has 1 fully saturated rings. The van der Waals surface area contributed by atoms with Gasteiger partial charge in [0.15, 0.2) is 22.1 Å². The molecule has 1 aromatic carbocycles. The number of rotatable bonds is 4. The summed E-state index contributed by atoms with van der Waals surface area (Å²) in [6.45, 7) is 8.17. The van der Waals surface area contributed by atoms with Gasteiger partial charge in [-0.3, -0.25) is 4.57 Å². The summed E-state index contributed by atoms with van der Waals surface area (Å²) in [4.78, 5) is 2.01. The van der Waals surface area contributed by atoms with Crippen molar-refractivity contribution < 1.29 is 22.5 Å². The zero-order valence-electron chi connectivity index (χ0n) is 14.1. The molecule has 0 spiro atoms. The third kappa shape index (κ3) is 3.42. The SMILES string of the molecule is CCS(=O)(=O)c1ccc2oc(=S)n(C[NH+]3C[C@@H](C)O[C@H](C)C3)c2c1. The van der Waals surface area contributed by atoms with Crippen LogP contribution in [-0.4, -0.2) is 44.0 Å². The van der Waals surface area contributed by atoms with E-state index < -0.39 is 9.84 Å². The summed E-state index contributed by atoms with van der Waals surface area (Å²) in [7, 11) is -3.26. The number of aromatic nitrogens is 1. The molecule has 0 amide bonds. The van der Waals surface area contributed by atoms with Crippen molar-refractivity contribution in [3.8, 4) is 0 Å². The van der Waals surface area contributed by atoms with E-state index in [1.165, 1.54) is 4.90 Å². The number of benzene rings is 1. The van der Waals surface area contributed by atoms with Crippen LogP contribution in [-0.2, 0) is 21.2 Å². The Kier molecular flexibility index (Phi) is 4.83. The van der Waals surface area contributed by atoms with E-state index in [2.05, 4.69) is 13.8 Å². The molecule has 132 valence electrons. The Morgan fingerprint density at radius 2 is 1.96 bits per heavy atom. The molecule has 1 aliphatic rings. The van der Waals surface area contributed by atoms with Crippen LogP contribution in [0.2, 0.25) is 0 Å². The quantitative estimate of drug-likeness (QED) is 0.823. The van der Waals surface area contributed by atoms with E-state index >= 15 is 0 Å². The number of fused-ring (bicyclic) bond motifs is 1. The molecule has 1 aromatic heterocycles. The molecule has 2 aromatic rings. The van der Waals surface area contributed by atoms with Crippen molar-refractivity contribution in [2.45, 2.75) is 44.5 Å². The van der Waals surface area contributed by atoms with Crippen LogP contribution in [0.3, 0.4) is 0 Å². The Bertz CT molecular complexity index is 890. The summed E-state index contributed by atoms with van der Waals surface area (Å²) in [5, 5.41) is 0. The van der Waals surface area contributed by atoms with E-state index in [0.717, 1.165) is 18.6 Å². The zero-order chi connectivity index (χ0) is 17.5. The van der Waals surface area contributed by atoms with Crippen LogP contribution in [0.5, 0.6) is 0 Å². The molecular formula is C16H23N2O4S2+. The van der Waals surface area contributed by atoms with E-state index in [4.69, 9.17) is 21.4 Å². The Morgan fingerprint density at radius 1 is 1.29 bits per heavy atom. The van der Waals surface area contributed by atoms with Crippen LogP contribution < -0.4 is 4.90 Å². The number of ether oxygens (including phenoxy) is 1. The monoisotopic (exact) mass is 371 g/mol. The fraction of sp³-hybridized carbons (Fsp3) is 0.562. The molecule has 0 radical (unpaired) electrons. The van der Waals surface area contributed by atoms with Gasteiger partial charge in [-0.15, -0.1) is 0 Å². The van der Waals surface area contributed by atoms with Crippen molar-refractivity contribution in [2.75, 3.05) is 18.8 Å². The van der Waals surface area contributed by atoms with Crippen molar-refractivity contribution in [1.29, 1.82) is 0 Å². The first kappa shape index (κ1) is 17.6. The van der Waals surface area contributed by atoms with E-state index in [1.54, 1.807) is 25.1 Å². The maximum atomic E-state index is 12.2. The minimum absolute atomic E-state index is 0.0703.